The smallest absolute Gasteiger partial charge is 0.184 e. The summed E-state index contributed by atoms with van der Waals surface area (Å²) in [6.45, 7) is 4.87. The Labute approximate surface area is 113 Å². The van der Waals surface area contributed by atoms with E-state index < -0.39 is 23.7 Å². The summed E-state index contributed by atoms with van der Waals surface area (Å²) in [6, 6.07) is 0. The fraction of sp³-hybridized carbons (Fsp3) is 0.667. The van der Waals surface area contributed by atoms with Gasteiger partial charge in [-0.2, -0.15) is 0 Å². The number of ketones is 1. The molecule has 0 saturated heterocycles. The standard InChI is InChI=1S/C15H22O4/c1-9-12(17)5-4-10-6-13(18)11(7-14(9,10)2)15(3,19)8-16/h6-7,9,12,16-17,19H,4-5,8H2,1-3H3/t9-,12+,14+,15-/m0/s1. The van der Waals surface area contributed by atoms with Crippen LogP contribution in [0.3, 0.4) is 0 Å². The summed E-state index contributed by atoms with van der Waals surface area (Å²) in [7, 11) is 0. The highest BCUT2D eigenvalue weighted by atomic mass is 16.3. The van der Waals surface area contributed by atoms with Crippen LogP contribution < -0.4 is 0 Å². The topological polar surface area (TPSA) is 77.8 Å². The van der Waals surface area contributed by atoms with Crippen molar-refractivity contribution in [2.45, 2.75) is 45.3 Å². The van der Waals surface area contributed by atoms with E-state index in [1.807, 2.05) is 13.8 Å². The molecule has 0 aromatic heterocycles. The highest BCUT2D eigenvalue weighted by molar-refractivity contribution is 6.07. The minimum atomic E-state index is -1.54. The molecule has 0 spiro atoms. The Morgan fingerprint density at radius 2 is 2.16 bits per heavy atom. The van der Waals surface area contributed by atoms with Crippen LogP contribution in [0.25, 0.3) is 0 Å². The fourth-order valence-electron chi connectivity index (χ4n) is 3.08. The normalized spacial score (nSPS) is 38.1. The lowest BCUT2D eigenvalue weighted by atomic mass is 9.60. The molecule has 2 aliphatic carbocycles. The molecular formula is C15H22O4. The maximum absolute atomic E-state index is 12.1. The Morgan fingerprint density at radius 1 is 1.53 bits per heavy atom. The van der Waals surface area contributed by atoms with Crippen molar-refractivity contribution in [1.82, 2.24) is 0 Å². The van der Waals surface area contributed by atoms with Gasteiger partial charge in [-0.05, 0) is 31.8 Å². The number of hydrogen-bond donors (Lipinski definition) is 3. The zero-order chi connectivity index (χ0) is 14.4. The first-order valence-electron chi connectivity index (χ1n) is 6.72. The molecular weight excluding hydrogens is 244 g/mol. The zero-order valence-corrected chi connectivity index (χ0v) is 11.7. The highest BCUT2D eigenvalue weighted by Gasteiger charge is 2.45. The molecule has 2 aliphatic rings. The van der Waals surface area contributed by atoms with Crippen LogP contribution in [0.1, 0.15) is 33.6 Å². The molecule has 4 atom stereocenters. The number of carbonyl (C=O) groups excluding carboxylic acids is 1. The third-order valence-electron chi connectivity index (χ3n) is 4.83. The molecule has 106 valence electrons. The fourth-order valence-corrected chi connectivity index (χ4v) is 3.08. The SMILES string of the molecule is C[C@H]1[C@H](O)CCC2=CC(=O)C([C@@](C)(O)CO)=C[C@@]21C. The molecule has 0 bridgehead atoms. The van der Waals surface area contributed by atoms with Gasteiger partial charge in [0.1, 0.15) is 5.60 Å². The molecule has 3 N–H and O–H groups in total. The summed E-state index contributed by atoms with van der Waals surface area (Å²) in [5.41, 5.74) is -0.736. The lowest BCUT2D eigenvalue weighted by molar-refractivity contribution is -0.114. The summed E-state index contributed by atoms with van der Waals surface area (Å²) < 4.78 is 0. The zero-order valence-electron chi connectivity index (χ0n) is 11.7. The summed E-state index contributed by atoms with van der Waals surface area (Å²) in [4.78, 5) is 12.1. The molecule has 0 amide bonds. The molecule has 0 aliphatic heterocycles. The monoisotopic (exact) mass is 266 g/mol. The van der Waals surface area contributed by atoms with Crippen LogP contribution in [0.4, 0.5) is 0 Å². The second kappa shape index (κ2) is 4.54. The highest BCUT2D eigenvalue weighted by Crippen LogP contribution is 2.49. The maximum atomic E-state index is 12.1. The van der Waals surface area contributed by atoms with Crippen LogP contribution in [0.15, 0.2) is 23.3 Å². The Kier molecular flexibility index (Phi) is 3.45. The number of allylic oxidation sites excluding steroid dienone is 3. The number of aliphatic hydroxyl groups is 3. The van der Waals surface area contributed by atoms with Gasteiger partial charge in [-0.25, -0.2) is 0 Å². The summed E-state index contributed by atoms with van der Waals surface area (Å²) in [6.07, 6.45) is 4.26. The molecule has 4 heteroatoms. The van der Waals surface area contributed by atoms with E-state index in [2.05, 4.69) is 0 Å². The van der Waals surface area contributed by atoms with Gasteiger partial charge in [-0.1, -0.05) is 25.5 Å². The first kappa shape index (κ1) is 14.4. The summed E-state index contributed by atoms with van der Waals surface area (Å²) in [5, 5.41) is 29.4. The maximum Gasteiger partial charge on any atom is 0.184 e. The van der Waals surface area contributed by atoms with Crippen molar-refractivity contribution in [1.29, 1.82) is 0 Å². The van der Waals surface area contributed by atoms with Crippen molar-refractivity contribution in [2.75, 3.05) is 6.61 Å². The molecule has 1 saturated carbocycles. The van der Waals surface area contributed by atoms with Gasteiger partial charge in [0.2, 0.25) is 0 Å². The van der Waals surface area contributed by atoms with Crippen LogP contribution in [0, 0.1) is 11.3 Å². The number of carbonyl (C=O) groups is 1. The second-order valence-electron chi connectivity index (χ2n) is 6.20. The summed E-state index contributed by atoms with van der Waals surface area (Å²) in [5.74, 6) is -0.264. The number of rotatable bonds is 2. The van der Waals surface area contributed by atoms with Crippen LogP contribution in [0.2, 0.25) is 0 Å². The molecule has 19 heavy (non-hydrogen) atoms. The Balaban J connectivity index is 2.49. The lowest BCUT2D eigenvalue weighted by Gasteiger charge is -2.45. The van der Waals surface area contributed by atoms with Gasteiger partial charge < -0.3 is 15.3 Å². The van der Waals surface area contributed by atoms with Gasteiger partial charge in [-0.15, -0.1) is 0 Å². The van der Waals surface area contributed by atoms with Gasteiger partial charge in [0.25, 0.3) is 0 Å². The van der Waals surface area contributed by atoms with E-state index >= 15 is 0 Å². The predicted octanol–water partition coefficient (Wildman–Crippen LogP) is 0.962. The largest absolute Gasteiger partial charge is 0.393 e. The molecule has 0 aromatic rings. The van der Waals surface area contributed by atoms with E-state index in [0.717, 1.165) is 5.57 Å². The van der Waals surface area contributed by atoms with Crippen molar-refractivity contribution < 1.29 is 20.1 Å². The molecule has 0 radical (unpaired) electrons. The third-order valence-corrected chi connectivity index (χ3v) is 4.83. The molecule has 0 unspecified atom stereocenters. The Morgan fingerprint density at radius 3 is 2.74 bits per heavy atom. The van der Waals surface area contributed by atoms with E-state index in [-0.39, 0.29) is 17.3 Å². The Bertz CT molecular complexity index is 461. The van der Waals surface area contributed by atoms with Gasteiger partial charge in [0.05, 0.1) is 12.7 Å². The van der Waals surface area contributed by atoms with Crippen molar-refractivity contribution in [2.24, 2.45) is 11.3 Å². The molecule has 0 aromatic carbocycles. The number of hydrogen-bond acceptors (Lipinski definition) is 4. The molecule has 4 nitrogen and oxygen atoms in total. The van der Waals surface area contributed by atoms with E-state index in [0.29, 0.717) is 12.8 Å². The van der Waals surface area contributed by atoms with Gasteiger partial charge in [0, 0.05) is 11.0 Å². The first-order valence-corrected chi connectivity index (χ1v) is 6.72. The Hall–Kier alpha value is -0.970. The van der Waals surface area contributed by atoms with Crippen molar-refractivity contribution in [3.8, 4) is 0 Å². The van der Waals surface area contributed by atoms with Gasteiger partial charge in [0.15, 0.2) is 5.78 Å². The first-order chi connectivity index (χ1) is 8.72. The van der Waals surface area contributed by atoms with Gasteiger partial charge >= 0.3 is 0 Å². The van der Waals surface area contributed by atoms with Crippen LogP contribution in [-0.2, 0) is 4.79 Å². The van der Waals surface area contributed by atoms with E-state index in [1.165, 1.54) is 6.92 Å². The minimum Gasteiger partial charge on any atom is -0.393 e. The quantitative estimate of drug-likeness (QED) is 0.696. The van der Waals surface area contributed by atoms with E-state index in [1.54, 1.807) is 12.2 Å². The predicted molar refractivity (Wildman–Crippen MR) is 71.4 cm³/mol. The van der Waals surface area contributed by atoms with Crippen molar-refractivity contribution >= 4 is 5.78 Å². The van der Waals surface area contributed by atoms with Crippen LogP contribution in [-0.4, -0.2) is 39.4 Å². The van der Waals surface area contributed by atoms with Crippen molar-refractivity contribution in [3.63, 3.8) is 0 Å². The molecule has 1 fully saturated rings. The lowest BCUT2D eigenvalue weighted by Crippen LogP contribution is -2.44. The van der Waals surface area contributed by atoms with Gasteiger partial charge in [-0.3, -0.25) is 4.79 Å². The third kappa shape index (κ3) is 2.18. The minimum absolute atomic E-state index is 0.0231. The van der Waals surface area contributed by atoms with E-state index in [9.17, 15) is 20.1 Å². The average Bonchev–Trinajstić information content (AvgIpc) is 2.36. The van der Waals surface area contributed by atoms with Crippen molar-refractivity contribution in [3.05, 3.63) is 23.3 Å². The van der Waals surface area contributed by atoms with Crippen LogP contribution in [0.5, 0.6) is 0 Å². The number of fused-ring (bicyclic) bond motifs is 1. The molecule has 2 rings (SSSR count). The van der Waals surface area contributed by atoms with E-state index in [4.69, 9.17) is 0 Å². The number of aliphatic hydroxyl groups excluding tert-OH is 2. The molecule has 0 heterocycles. The average molecular weight is 266 g/mol. The summed E-state index contributed by atoms with van der Waals surface area (Å²) >= 11 is 0. The van der Waals surface area contributed by atoms with Crippen LogP contribution >= 0.6 is 0 Å². The second-order valence-corrected chi connectivity index (χ2v) is 6.20.